The highest BCUT2D eigenvalue weighted by Crippen LogP contribution is 2.26. The standard InChI is InChI=1S/C17H17BrN4O2.ClH/c18-12-3-4-16-15(8-12)21-17(24-16)22-7-6-20-9-13(22)11-23-14-2-1-5-19-10-14;/h1-5,8,10,13,20H,6-7,9,11H2;1H. The Balaban J connectivity index is 0.00000182. The molecule has 0 aliphatic carbocycles. The molecule has 3 aromatic rings. The Morgan fingerprint density at radius 2 is 2.28 bits per heavy atom. The highest BCUT2D eigenvalue weighted by Gasteiger charge is 2.27. The maximum absolute atomic E-state index is 5.94. The van der Waals surface area contributed by atoms with Gasteiger partial charge in [0, 0.05) is 30.3 Å². The van der Waals surface area contributed by atoms with Crippen LogP contribution in [0.4, 0.5) is 6.01 Å². The summed E-state index contributed by atoms with van der Waals surface area (Å²) in [7, 11) is 0. The SMILES string of the molecule is Brc1ccc2oc(N3CCNCC3COc3cccnc3)nc2c1.Cl. The summed E-state index contributed by atoms with van der Waals surface area (Å²) < 4.78 is 12.8. The summed E-state index contributed by atoms with van der Waals surface area (Å²) in [6, 6.07) is 10.4. The number of halogens is 2. The van der Waals surface area contributed by atoms with Crippen LogP contribution in [0.15, 0.2) is 51.6 Å². The van der Waals surface area contributed by atoms with Gasteiger partial charge in [-0.25, -0.2) is 0 Å². The van der Waals surface area contributed by atoms with Gasteiger partial charge in [-0.2, -0.15) is 4.98 Å². The van der Waals surface area contributed by atoms with Crippen molar-refractivity contribution < 1.29 is 9.15 Å². The van der Waals surface area contributed by atoms with Crippen LogP contribution in [-0.2, 0) is 0 Å². The molecular formula is C17H18BrClN4O2. The van der Waals surface area contributed by atoms with E-state index in [1.54, 1.807) is 12.4 Å². The van der Waals surface area contributed by atoms with E-state index >= 15 is 0 Å². The Morgan fingerprint density at radius 3 is 3.12 bits per heavy atom. The Bertz CT molecular complexity index is 830. The second-order valence-electron chi connectivity index (χ2n) is 5.66. The largest absolute Gasteiger partial charge is 0.490 e. The quantitative estimate of drug-likeness (QED) is 0.692. The molecule has 1 unspecified atom stereocenters. The van der Waals surface area contributed by atoms with Crippen molar-refractivity contribution in [2.75, 3.05) is 31.1 Å². The Morgan fingerprint density at radius 1 is 1.36 bits per heavy atom. The van der Waals surface area contributed by atoms with Crippen molar-refractivity contribution in [2.45, 2.75) is 6.04 Å². The molecule has 4 rings (SSSR count). The molecule has 8 heteroatoms. The number of ether oxygens (including phenoxy) is 1. The number of piperazine rings is 1. The molecule has 25 heavy (non-hydrogen) atoms. The van der Waals surface area contributed by atoms with Gasteiger partial charge in [0.2, 0.25) is 0 Å². The lowest BCUT2D eigenvalue weighted by Gasteiger charge is -2.34. The normalized spacial score (nSPS) is 17.3. The number of benzene rings is 1. The lowest BCUT2D eigenvalue weighted by atomic mass is 10.2. The number of oxazole rings is 1. The number of hydrogen-bond acceptors (Lipinski definition) is 6. The van der Waals surface area contributed by atoms with Gasteiger partial charge in [-0.05, 0) is 30.3 Å². The van der Waals surface area contributed by atoms with Crippen LogP contribution < -0.4 is 15.0 Å². The van der Waals surface area contributed by atoms with Crippen LogP contribution in [0, 0.1) is 0 Å². The lowest BCUT2D eigenvalue weighted by molar-refractivity contribution is 0.261. The van der Waals surface area contributed by atoms with Gasteiger partial charge in [-0.3, -0.25) is 4.98 Å². The highest BCUT2D eigenvalue weighted by atomic mass is 79.9. The van der Waals surface area contributed by atoms with Gasteiger partial charge in [-0.15, -0.1) is 12.4 Å². The predicted molar refractivity (Wildman–Crippen MR) is 103 cm³/mol. The molecule has 1 N–H and O–H groups in total. The number of rotatable bonds is 4. The first-order valence-corrected chi connectivity index (χ1v) is 8.65. The number of nitrogens with one attached hydrogen (secondary N) is 1. The Hall–Kier alpha value is -1.83. The highest BCUT2D eigenvalue weighted by molar-refractivity contribution is 9.10. The number of pyridine rings is 1. The van der Waals surface area contributed by atoms with E-state index in [9.17, 15) is 0 Å². The van der Waals surface area contributed by atoms with E-state index in [1.807, 2.05) is 30.3 Å². The second-order valence-corrected chi connectivity index (χ2v) is 6.58. The third-order valence-electron chi connectivity index (χ3n) is 4.01. The molecule has 132 valence electrons. The summed E-state index contributed by atoms with van der Waals surface area (Å²) in [4.78, 5) is 10.9. The fourth-order valence-corrected chi connectivity index (χ4v) is 3.15. The number of fused-ring (bicyclic) bond motifs is 1. The minimum absolute atomic E-state index is 0. The first-order chi connectivity index (χ1) is 11.8. The first-order valence-electron chi connectivity index (χ1n) is 7.86. The van der Waals surface area contributed by atoms with E-state index in [-0.39, 0.29) is 18.4 Å². The van der Waals surface area contributed by atoms with Crippen LogP contribution >= 0.6 is 28.3 Å². The zero-order valence-corrected chi connectivity index (χ0v) is 15.8. The molecule has 1 saturated heterocycles. The maximum atomic E-state index is 5.94. The minimum Gasteiger partial charge on any atom is -0.490 e. The zero-order chi connectivity index (χ0) is 16.4. The Labute approximate surface area is 160 Å². The molecule has 1 aliphatic heterocycles. The van der Waals surface area contributed by atoms with E-state index in [2.05, 4.69) is 36.1 Å². The van der Waals surface area contributed by atoms with Crippen LogP contribution in [0.5, 0.6) is 5.75 Å². The fourth-order valence-electron chi connectivity index (χ4n) is 2.80. The van der Waals surface area contributed by atoms with Gasteiger partial charge in [0.25, 0.3) is 6.01 Å². The van der Waals surface area contributed by atoms with Crippen LogP contribution in [0.3, 0.4) is 0 Å². The molecule has 1 fully saturated rings. The van der Waals surface area contributed by atoms with Gasteiger partial charge in [0.1, 0.15) is 17.9 Å². The predicted octanol–water partition coefficient (Wildman–Crippen LogP) is 3.26. The number of anilines is 1. The number of aromatic nitrogens is 2. The van der Waals surface area contributed by atoms with Gasteiger partial charge >= 0.3 is 0 Å². The van der Waals surface area contributed by atoms with E-state index in [0.29, 0.717) is 12.6 Å². The minimum atomic E-state index is 0. The second kappa shape index (κ2) is 8.03. The van der Waals surface area contributed by atoms with Crippen LogP contribution in [0.2, 0.25) is 0 Å². The summed E-state index contributed by atoms with van der Waals surface area (Å²) in [6.07, 6.45) is 3.45. The molecule has 0 saturated carbocycles. The van der Waals surface area contributed by atoms with E-state index < -0.39 is 0 Å². The average Bonchev–Trinajstić information content (AvgIpc) is 3.04. The monoisotopic (exact) mass is 424 g/mol. The molecule has 2 aromatic heterocycles. The number of nitrogens with zero attached hydrogens (tertiary/aromatic N) is 3. The van der Waals surface area contributed by atoms with Crippen LogP contribution in [0.1, 0.15) is 0 Å². The first kappa shape index (κ1) is 18.0. The van der Waals surface area contributed by atoms with Gasteiger partial charge in [0.15, 0.2) is 5.58 Å². The smallest absolute Gasteiger partial charge is 0.298 e. The van der Waals surface area contributed by atoms with Crippen molar-refractivity contribution in [2.24, 2.45) is 0 Å². The van der Waals surface area contributed by atoms with Crippen LogP contribution in [0.25, 0.3) is 11.1 Å². The van der Waals surface area contributed by atoms with Crippen molar-refractivity contribution >= 4 is 45.5 Å². The average molecular weight is 426 g/mol. The van der Waals surface area contributed by atoms with Crippen molar-refractivity contribution in [3.63, 3.8) is 0 Å². The molecule has 3 heterocycles. The summed E-state index contributed by atoms with van der Waals surface area (Å²) in [6.45, 7) is 3.09. The van der Waals surface area contributed by atoms with Crippen molar-refractivity contribution in [1.29, 1.82) is 0 Å². The van der Waals surface area contributed by atoms with E-state index in [4.69, 9.17) is 9.15 Å². The summed E-state index contributed by atoms with van der Waals surface area (Å²) in [5.74, 6) is 0.768. The van der Waals surface area contributed by atoms with Crippen molar-refractivity contribution in [3.05, 3.63) is 47.2 Å². The van der Waals surface area contributed by atoms with Gasteiger partial charge < -0.3 is 19.4 Å². The van der Waals surface area contributed by atoms with Crippen molar-refractivity contribution in [1.82, 2.24) is 15.3 Å². The third-order valence-corrected chi connectivity index (χ3v) is 4.50. The molecule has 0 amide bonds. The third kappa shape index (κ3) is 4.05. The summed E-state index contributed by atoms with van der Waals surface area (Å²) >= 11 is 3.47. The van der Waals surface area contributed by atoms with Crippen molar-refractivity contribution in [3.8, 4) is 5.75 Å². The van der Waals surface area contributed by atoms with Gasteiger partial charge in [-0.1, -0.05) is 15.9 Å². The molecule has 0 radical (unpaired) electrons. The molecule has 1 atom stereocenters. The molecule has 6 nitrogen and oxygen atoms in total. The maximum Gasteiger partial charge on any atom is 0.298 e. The Kier molecular flexibility index (Phi) is 5.78. The van der Waals surface area contributed by atoms with Crippen LogP contribution in [-0.4, -0.2) is 42.3 Å². The number of hydrogen-bond donors (Lipinski definition) is 1. The summed E-state index contributed by atoms with van der Waals surface area (Å²) in [5.41, 5.74) is 1.64. The molecule has 1 aromatic carbocycles. The lowest BCUT2D eigenvalue weighted by Crippen LogP contribution is -2.54. The topological polar surface area (TPSA) is 63.4 Å². The van der Waals surface area contributed by atoms with E-state index in [0.717, 1.165) is 41.0 Å². The summed E-state index contributed by atoms with van der Waals surface area (Å²) in [5, 5.41) is 3.40. The molecular weight excluding hydrogens is 408 g/mol. The molecule has 1 aliphatic rings. The zero-order valence-electron chi connectivity index (χ0n) is 13.4. The van der Waals surface area contributed by atoms with E-state index in [1.165, 1.54) is 0 Å². The molecule has 0 spiro atoms. The fraction of sp³-hybridized carbons (Fsp3) is 0.294. The van der Waals surface area contributed by atoms with Gasteiger partial charge in [0.05, 0.1) is 12.2 Å². The molecule has 0 bridgehead atoms.